The topological polar surface area (TPSA) is 47.6 Å². The second-order valence-electron chi connectivity index (χ2n) is 8.38. The summed E-state index contributed by atoms with van der Waals surface area (Å²) in [5.41, 5.74) is 5.58. The first-order chi connectivity index (χ1) is 13.6. The molecule has 4 nitrogen and oxygen atoms in total. The first-order valence-electron chi connectivity index (χ1n) is 10.3. The van der Waals surface area contributed by atoms with Crippen LogP contribution in [0.1, 0.15) is 80.3 Å². The van der Waals surface area contributed by atoms with Gasteiger partial charge in [0.15, 0.2) is 6.61 Å². The maximum Gasteiger partial charge on any atom is 0.258 e. The van der Waals surface area contributed by atoms with E-state index in [1.54, 1.807) is 7.11 Å². The van der Waals surface area contributed by atoms with Crippen molar-refractivity contribution in [3.05, 3.63) is 58.1 Å². The number of carbonyl (C=O) groups excluding carboxylic acids is 1. The Bertz CT molecular complexity index is 855. The number of ether oxygens (including phenoxy) is 2. The lowest BCUT2D eigenvalue weighted by molar-refractivity contribution is -0.123. The molecule has 0 heterocycles. The second-order valence-corrected chi connectivity index (χ2v) is 8.38. The maximum atomic E-state index is 12.6. The van der Waals surface area contributed by atoms with Crippen LogP contribution in [0.25, 0.3) is 0 Å². The van der Waals surface area contributed by atoms with Gasteiger partial charge in [-0.05, 0) is 78.6 Å². The van der Waals surface area contributed by atoms with Crippen molar-refractivity contribution >= 4 is 5.91 Å². The highest BCUT2D eigenvalue weighted by molar-refractivity contribution is 5.78. The zero-order valence-corrected chi connectivity index (χ0v) is 19.1. The molecule has 1 atom stereocenters. The maximum absolute atomic E-state index is 12.6. The molecule has 0 saturated heterocycles. The Morgan fingerprint density at radius 3 is 2.14 bits per heavy atom. The summed E-state index contributed by atoms with van der Waals surface area (Å²) >= 11 is 0. The van der Waals surface area contributed by atoms with Crippen LogP contribution in [0, 0.1) is 13.8 Å². The van der Waals surface area contributed by atoms with Crippen molar-refractivity contribution < 1.29 is 14.3 Å². The fourth-order valence-corrected chi connectivity index (χ4v) is 3.56. The fraction of sp³-hybridized carbons (Fsp3) is 0.480. The van der Waals surface area contributed by atoms with Crippen LogP contribution in [-0.2, 0) is 4.79 Å². The van der Waals surface area contributed by atoms with Crippen molar-refractivity contribution in [2.24, 2.45) is 0 Å². The van der Waals surface area contributed by atoms with Crippen LogP contribution < -0.4 is 14.8 Å². The van der Waals surface area contributed by atoms with Crippen LogP contribution in [0.15, 0.2) is 30.3 Å². The minimum atomic E-state index is -0.130. The number of hydrogen-bond acceptors (Lipinski definition) is 3. The molecule has 0 bridgehead atoms. The van der Waals surface area contributed by atoms with E-state index in [4.69, 9.17) is 9.47 Å². The van der Waals surface area contributed by atoms with Gasteiger partial charge < -0.3 is 14.8 Å². The molecule has 0 radical (unpaired) electrons. The third-order valence-corrected chi connectivity index (χ3v) is 5.23. The molecule has 0 saturated carbocycles. The molecule has 2 aromatic rings. The molecule has 0 fully saturated rings. The summed E-state index contributed by atoms with van der Waals surface area (Å²) in [5.74, 6) is 2.22. The first kappa shape index (κ1) is 22.8. The van der Waals surface area contributed by atoms with Gasteiger partial charge in [0.1, 0.15) is 11.5 Å². The smallest absolute Gasteiger partial charge is 0.258 e. The summed E-state index contributed by atoms with van der Waals surface area (Å²) in [7, 11) is 1.69. The average molecular weight is 398 g/mol. The van der Waals surface area contributed by atoms with Crippen molar-refractivity contribution in [3.8, 4) is 11.5 Å². The van der Waals surface area contributed by atoms with Crippen molar-refractivity contribution in [1.29, 1.82) is 0 Å². The van der Waals surface area contributed by atoms with Gasteiger partial charge in [0, 0.05) is 0 Å². The Kier molecular flexibility index (Phi) is 7.72. The van der Waals surface area contributed by atoms with Crippen LogP contribution >= 0.6 is 0 Å². The lowest BCUT2D eigenvalue weighted by atomic mass is 9.93. The number of hydrogen-bond donors (Lipinski definition) is 1. The van der Waals surface area contributed by atoms with Crippen LogP contribution in [0.4, 0.5) is 0 Å². The Morgan fingerprint density at radius 1 is 0.897 bits per heavy atom. The highest BCUT2D eigenvalue weighted by Gasteiger charge is 2.17. The summed E-state index contributed by atoms with van der Waals surface area (Å²) < 4.78 is 11.4. The fourth-order valence-electron chi connectivity index (χ4n) is 3.56. The van der Waals surface area contributed by atoms with Crippen molar-refractivity contribution in [2.45, 2.75) is 66.3 Å². The SMILES string of the molecule is COc1cc(C)c([C@H](C)NC(=O)COc2cc(C)ccc2C(C)C)cc1C(C)C. The molecule has 4 heteroatoms. The highest BCUT2D eigenvalue weighted by Crippen LogP contribution is 2.32. The van der Waals surface area contributed by atoms with Gasteiger partial charge in [0.05, 0.1) is 13.2 Å². The molecular formula is C25H35NO3. The number of benzene rings is 2. The van der Waals surface area contributed by atoms with Gasteiger partial charge >= 0.3 is 0 Å². The molecule has 0 aliphatic carbocycles. The quantitative estimate of drug-likeness (QED) is 0.611. The van der Waals surface area contributed by atoms with Gasteiger partial charge in [-0.15, -0.1) is 0 Å². The van der Waals surface area contributed by atoms with Crippen LogP contribution in [0.3, 0.4) is 0 Å². The van der Waals surface area contributed by atoms with Gasteiger partial charge in [-0.25, -0.2) is 0 Å². The zero-order valence-electron chi connectivity index (χ0n) is 19.1. The Labute approximate surface area is 175 Å². The molecule has 0 aliphatic rings. The molecule has 1 amide bonds. The van der Waals surface area contributed by atoms with E-state index in [2.05, 4.69) is 51.2 Å². The predicted octanol–water partition coefficient (Wildman–Crippen LogP) is 5.82. The van der Waals surface area contributed by atoms with E-state index in [1.807, 2.05) is 32.9 Å². The van der Waals surface area contributed by atoms with Gasteiger partial charge in [0.2, 0.25) is 0 Å². The molecule has 0 aromatic heterocycles. The zero-order chi connectivity index (χ0) is 21.7. The summed E-state index contributed by atoms with van der Waals surface area (Å²) in [6, 6.07) is 10.2. The van der Waals surface area contributed by atoms with Crippen LogP contribution in [0.5, 0.6) is 11.5 Å². The molecular weight excluding hydrogens is 362 g/mol. The van der Waals surface area contributed by atoms with E-state index >= 15 is 0 Å². The largest absolute Gasteiger partial charge is 0.496 e. The summed E-state index contributed by atoms with van der Waals surface area (Å²) in [6.45, 7) is 14.6. The van der Waals surface area contributed by atoms with Gasteiger partial charge in [0.25, 0.3) is 5.91 Å². The second kappa shape index (κ2) is 9.82. The number of rotatable bonds is 8. The third kappa shape index (κ3) is 5.75. The van der Waals surface area contributed by atoms with E-state index in [1.165, 1.54) is 0 Å². The van der Waals surface area contributed by atoms with Gasteiger partial charge in [-0.1, -0.05) is 39.8 Å². The van der Waals surface area contributed by atoms with Crippen LogP contribution in [0.2, 0.25) is 0 Å². The van der Waals surface area contributed by atoms with E-state index < -0.39 is 0 Å². The molecule has 0 unspecified atom stereocenters. The highest BCUT2D eigenvalue weighted by atomic mass is 16.5. The number of carbonyl (C=O) groups is 1. The van der Waals surface area contributed by atoms with Crippen molar-refractivity contribution in [3.63, 3.8) is 0 Å². The molecule has 158 valence electrons. The van der Waals surface area contributed by atoms with E-state index in [0.717, 1.165) is 39.3 Å². The van der Waals surface area contributed by atoms with Crippen LogP contribution in [-0.4, -0.2) is 19.6 Å². The van der Waals surface area contributed by atoms with Gasteiger partial charge in [-0.2, -0.15) is 0 Å². The van der Waals surface area contributed by atoms with E-state index in [9.17, 15) is 4.79 Å². The minimum absolute atomic E-state index is 0.000245. The van der Waals surface area contributed by atoms with Gasteiger partial charge in [-0.3, -0.25) is 4.79 Å². The normalized spacial score (nSPS) is 12.2. The van der Waals surface area contributed by atoms with Crippen molar-refractivity contribution in [1.82, 2.24) is 5.32 Å². The predicted molar refractivity (Wildman–Crippen MR) is 119 cm³/mol. The monoisotopic (exact) mass is 397 g/mol. The Balaban J connectivity index is 2.10. The van der Waals surface area contributed by atoms with E-state index in [0.29, 0.717) is 11.8 Å². The Morgan fingerprint density at radius 2 is 1.55 bits per heavy atom. The summed E-state index contributed by atoms with van der Waals surface area (Å²) in [6.07, 6.45) is 0. The number of nitrogens with one attached hydrogen (secondary N) is 1. The third-order valence-electron chi connectivity index (χ3n) is 5.23. The number of methoxy groups -OCH3 is 1. The molecule has 1 N–H and O–H groups in total. The number of amides is 1. The Hall–Kier alpha value is -2.49. The minimum Gasteiger partial charge on any atom is -0.496 e. The molecule has 0 spiro atoms. The number of aryl methyl sites for hydroxylation is 2. The standard InChI is InChI=1S/C25H35NO3/c1-15(2)20-10-9-17(5)11-24(20)29-14-25(27)26-19(7)22-13-21(16(3)4)23(28-8)12-18(22)6/h9-13,15-16,19H,14H2,1-8H3,(H,26,27)/t19-/m0/s1. The lowest BCUT2D eigenvalue weighted by Crippen LogP contribution is -2.31. The molecule has 2 aromatic carbocycles. The summed E-state index contributed by atoms with van der Waals surface area (Å²) in [4.78, 5) is 12.6. The van der Waals surface area contributed by atoms with Crippen molar-refractivity contribution in [2.75, 3.05) is 13.7 Å². The molecule has 0 aliphatic heterocycles. The first-order valence-corrected chi connectivity index (χ1v) is 10.3. The lowest BCUT2D eigenvalue weighted by Gasteiger charge is -2.21. The molecule has 2 rings (SSSR count). The average Bonchev–Trinajstić information content (AvgIpc) is 2.65. The van der Waals surface area contributed by atoms with E-state index in [-0.39, 0.29) is 18.6 Å². The molecule has 29 heavy (non-hydrogen) atoms. The summed E-state index contributed by atoms with van der Waals surface area (Å²) in [5, 5.41) is 3.07.